The quantitative estimate of drug-likeness (QED) is 0.0985. The molecule has 0 unspecified atom stereocenters. The first-order chi connectivity index (χ1) is 28.3. The molecule has 6 rings (SSSR count). The van der Waals surface area contributed by atoms with E-state index in [4.69, 9.17) is 20.2 Å². The standard InChI is InChI=1S/C45H56N8O6/c1-26(2)39(50-44(56)58-6)42(54)52-20-8-10-37(52)28(5)47-24-35(46)30-14-12-29(13-15-30)31-16-17-33-23-34(19-18-32(33)22-31)36-25-48-41(49-36)38-11-9-21-53(38)43(55)40(27(3)4)51-45(57)59-7/h12-19,22-27,37-40,47H,5,8-11,20-21,46H2,1-4,6-7H3,(H,48,49)(H,50,56)(H,51,57)/b35-24-/t37-,38-,39-,40-/m0/s1. The number of aromatic amines is 1. The van der Waals surface area contributed by atoms with Crippen LogP contribution in [0.2, 0.25) is 0 Å². The Bertz CT molecular complexity index is 2210. The number of hydrogen-bond acceptors (Lipinski definition) is 9. The number of hydrogen-bond donors (Lipinski definition) is 5. The van der Waals surface area contributed by atoms with Crippen LogP contribution in [0.25, 0.3) is 38.9 Å². The summed E-state index contributed by atoms with van der Waals surface area (Å²) >= 11 is 0. The zero-order valence-corrected chi connectivity index (χ0v) is 34.7. The fourth-order valence-electron chi connectivity index (χ4n) is 7.91. The number of nitrogens with zero attached hydrogens (tertiary/aromatic N) is 3. The second-order valence-electron chi connectivity index (χ2n) is 15.9. The maximum absolute atomic E-state index is 13.6. The van der Waals surface area contributed by atoms with E-state index in [0.717, 1.165) is 70.2 Å². The van der Waals surface area contributed by atoms with Gasteiger partial charge in [0.05, 0.1) is 43.9 Å². The minimum Gasteiger partial charge on any atom is -0.453 e. The average Bonchev–Trinajstić information content (AvgIpc) is 4.04. The predicted molar refractivity (Wildman–Crippen MR) is 228 cm³/mol. The van der Waals surface area contributed by atoms with E-state index in [1.165, 1.54) is 14.2 Å². The minimum absolute atomic E-state index is 0.109. The molecule has 3 aromatic carbocycles. The van der Waals surface area contributed by atoms with Gasteiger partial charge >= 0.3 is 12.2 Å². The molecule has 0 radical (unpaired) electrons. The number of amides is 4. The van der Waals surface area contributed by atoms with Crippen molar-refractivity contribution in [3.8, 4) is 22.4 Å². The third-order valence-electron chi connectivity index (χ3n) is 11.3. The van der Waals surface area contributed by atoms with Crippen molar-refractivity contribution in [1.82, 2.24) is 35.7 Å². The zero-order chi connectivity index (χ0) is 42.4. The Hall–Kier alpha value is -6.31. The molecule has 4 atom stereocenters. The van der Waals surface area contributed by atoms with Crippen molar-refractivity contribution in [3.05, 3.63) is 96.7 Å². The smallest absolute Gasteiger partial charge is 0.407 e. The summed E-state index contributed by atoms with van der Waals surface area (Å²) < 4.78 is 9.50. The fourth-order valence-corrected chi connectivity index (χ4v) is 7.91. The van der Waals surface area contributed by atoms with Gasteiger partial charge in [-0.25, -0.2) is 14.6 Å². The average molecular weight is 805 g/mol. The summed E-state index contributed by atoms with van der Waals surface area (Å²) in [6.45, 7) is 12.9. The largest absolute Gasteiger partial charge is 0.453 e. The molecule has 14 heteroatoms. The van der Waals surface area contributed by atoms with Gasteiger partial charge in [0.25, 0.3) is 0 Å². The SMILES string of the molecule is C=C(N/C=C(\N)c1ccc(-c2ccc3cc(-c4cnc([C@@H]5CCCN5C(=O)[C@@H](NC(=O)OC)C(C)C)[nH]4)ccc3c2)cc1)[C@@H]1CCCN1C(=O)[C@@H](NC(=O)OC)C(C)C. The monoisotopic (exact) mass is 804 g/mol. The molecular weight excluding hydrogens is 749 g/mol. The number of rotatable bonds is 13. The number of ether oxygens (including phenoxy) is 2. The summed E-state index contributed by atoms with van der Waals surface area (Å²) in [4.78, 5) is 62.6. The second-order valence-corrected chi connectivity index (χ2v) is 15.9. The predicted octanol–water partition coefficient (Wildman–Crippen LogP) is 6.67. The molecule has 3 heterocycles. The first kappa shape index (κ1) is 42.3. The van der Waals surface area contributed by atoms with Gasteiger partial charge in [0, 0.05) is 30.5 Å². The van der Waals surface area contributed by atoms with Gasteiger partial charge in [0.1, 0.15) is 17.9 Å². The number of benzene rings is 3. The van der Waals surface area contributed by atoms with Crippen LogP contribution in [0.15, 0.2) is 85.3 Å². The van der Waals surface area contributed by atoms with Crippen molar-refractivity contribution in [2.24, 2.45) is 17.6 Å². The normalized spacial score (nSPS) is 17.9. The molecule has 4 amide bonds. The molecule has 2 aliphatic heterocycles. The van der Waals surface area contributed by atoms with Crippen LogP contribution >= 0.6 is 0 Å². The Morgan fingerprint density at radius 2 is 1.34 bits per heavy atom. The highest BCUT2D eigenvalue weighted by molar-refractivity contribution is 5.91. The summed E-state index contributed by atoms with van der Waals surface area (Å²) in [6, 6.07) is 18.8. The number of H-pyrrole nitrogens is 1. The number of aromatic nitrogens is 2. The van der Waals surface area contributed by atoms with Crippen LogP contribution < -0.4 is 21.7 Å². The fraction of sp³-hybridized carbons (Fsp3) is 0.400. The van der Waals surface area contributed by atoms with E-state index < -0.39 is 24.3 Å². The maximum atomic E-state index is 13.6. The zero-order valence-electron chi connectivity index (χ0n) is 34.7. The lowest BCUT2D eigenvalue weighted by molar-refractivity contribution is -0.136. The Kier molecular flexibility index (Phi) is 13.3. The molecule has 0 saturated carbocycles. The Labute approximate surface area is 345 Å². The van der Waals surface area contributed by atoms with Crippen molar-refractivity contribution < 1.29 is 28.7 Å². The molecule has 2 saturated heterocycles. The number of fused-ring (bicyclic) bond motifs is 1. The van der Waals surface area contributed by atoms with E-state index in [2.05, 4.69) is 63.9 Å². The number of nitrogens with two attached hydrogens (primary N) is 1. The summed E-state index contributed by atoms with van der Waals surface area (Å²) in [5.74, 6) is 0.186. The first-order valence-corrected chi connectivity index (χ1v) is 20.2. The van der Waals surface area contributed by atoms with Crippen LogP contribution in [0.3, 0.4) is 0 Å². The third-order valence-corrected chi connectivity index (χ3v) is 11.3. The van der Waals surface area contributed by atoms with E-state index in [-0.39, 0.29) is 35.7 Å². The number of likely N-dealkylation sites (tertiary alicyclic amines) is 2. The van der Waals surface area contributed by atoms with Crippen LogP contribution in [0, 0.1) is 11.8 Å². The van der Waals surface area contributed by atoms with Crippen molar-refractivity contribution in [3.63, 3.8) is 0 Å². The summed E-state index contributed by atoms with van der Waals surface area (Å²) in [6.07, 6.45) is 5.45. The van der Waals surface area contributed by atoms with Gasteiger partial charge in [-0.1, -0.05) is 82.8 Å². The minimum atomic E-state index is -0.705. The van der Waals surface area contributed by atoms with Crippen LogP contribution in [-0.4, -0.2) is 89.2 Å². The molecule has 6 N–H and O–H groups in total. The Morgan fingerprint density at radius 1 is 0.797 bits per heavy atom. The molecular formula is C45H56N8O6. The number of nitrogens with one attached hydrogen (secondary N) is 4. The molecule has 0 spiro atoms. The van der Waals surface area contributed by atoms with Crippen molar-refractivity contribution in [2.75, 3.05) is 27.3 Å². The highest BCUT2D eigenvalue weighted by Crippen LogP contribution is 2.34. The van der Waals surface area contributed by atoms with Gasteiger partial charge in [-0.3, -0.25) is 9.59 Å². The highest BCUT2D eigenvalue weighted by Gasteiger charge is 2.38. The molecule has 4 aromatic rings. The van der Waals surface area contributed by atoms with Crippen LogP contribution in [0.1, 0.15) is 70.8 Å². The third kappa shape index (κ3) is 9.54. The van der Waals surface area contributed by atoms with E-state index in [1.54, 1.807) is 11.1 Å². The summed E-state index contributed by atoms with van der Waals surface area (Å²) in [7, 11) is 2.57. The topological polar surface area (TPSA) is 184 Å². The van der Waals surface area contributed by atoms with Crippen molar-refractivity contribution >= 4 is 40.5 Å². The van der Waals surface area contributed by atoms with Crippen LogP contribution in [0.5, 0.6) is 0 Å². The Morgan fingerprint density at radius 3 is 1.95 bits per heavy atom. The van der Waals surface area contributed by atoms with Crippen LogP contribution in [0.4, 0.5) is 9.59 Å². The number of alkyl carbamates (subject to hydrolysis) is 2. The van der Waals surface area contributed by atoms with Gasteiger partial charge in [0.2, 0.25) is 11.8 Å². The number of methoxy groups -OCH3 is 2. The van der Waals surface area contributed by atoms with Crippen molar-refractivity contribution in [1.29, 1.82) is 0 Å². The van der Waals surface area contributed by atoms with Gasteiger partial charge in [-0.05, 0) is 77.1 Å². The molecule has 2 fully saturated rings. The molecule has 14 nitrogen and oxygen atoms in total. The molecule has 2 aliphatic rings. The van der Waals surface area contributed by atoms with E-state index in [0.29, 0.717) is 24.5 Å². The lowest BCUT2D eigenvalue weighted by Crippen LogP contribution is -2.53. The lowest BCUT2D eigenvalue weighted by Gasteiger charge is -2.31. The number of carbonyl (C=O) groups is 4. The van der Waals surface area contributed by atoms with E-state index in [1.807, 2.05) is 63.1 Å². The van der Waals surface area contributed by atoms with Gasteiger partial charge in [0.15, 0.2) is 0 Å². The number of carbonyl (C=O) groups excluding carboxylic acids is 4. The first-order valence-electron chi connectivity index (χ1n) is 20.2. The van der Waals surface area contributed by atoms with Gasteiger partial charge in [-0.15, -0.1) is 0 Å². The molecule has 59 heavy (non-hydrogen) atoms. The van der Waals surface area contributed by atoms with E-state index in [9.17, 15) is 19.2 Å². The van der Waals surface area contributed by atoms with Gasteiger partial charge < -0.3 is 45.9 Å². The molecule has 0 aliphatic carbocycles. The van der Waals surface area contributed by atoms with Crippen LogP contribution in [-0.2, 0) is 19.1 Å². The summed E-state index contributed by atoms with van der Waals surface area (Å²) in [5, 5.41) is 10.8. The molecule has 0 bridgehead atoms. The van der Waals surface area contributed by atoms with Crippen molar-refractivity contribution in [2.45, 2.75) is 77.5 Å². The summed E-state index contributed by atoms with van der Waals surface area (Å²) in [5.41, 5.74) is 12.5. The molecule has 1 aromatic heterocycles. The maximum Gasteiger partial charge on any atom is 0.407 e. The highest BCUT2D eigenvalue weighted by atomic mass is 16.5. The van der Waals surface area contributed by atoms with E-state index >= 15 is 0 Å². The lowest BCUT2D eigenvalue weighted by atomic mass is 9.98. The van der Waals surface area contributed by atoms with Gasteiger partial charge in [-0.2, -0.15) is 0 Å². The Balaban J connectivity index is 1.09. The number of imidazole rings is 1. The second kappa shape index (κ2) is 18.5. The molecule has 312 valence electrons.